The third kappa shape index (κ3) is 8.30. The summed E-state index contributed by atoms with van der Waals surface area (Å²) in [5.41, 5.74) is 2.87. The number of carbonyl (C=O) groups excluding carboxylic acids is 3. The van der Waals surface area contributed by atoms with Crippen molar-refractivity contribution in [2.75, 3.05) is 55.9 Å². The molecule has 1 heterocycles. The van der Waals surface area contributed by atoms with E-state index in [0.29, 0.717) is 48.7 Å². The van der Waals surface area contributed by atoms with Gasteiger partial charge in [-0.15, -0.1) is 0 Å². The van der Waals surface area contributed by atoms with Crippen LogP contribution < -0.4 is 15.0 Å². The topological polar surface area (TPSA) is 105 Å². The zero-order valence-electron chi connectivity index (χ0n) is 24.6. The van der Waals surface area contributed by atoms with Gasteiger partial charge in [-0.25, -0.2) is 4.21 Å². The second kappa shape index (κ2) is 14.8. The summed E-state index contributed by atoms with van der Waals surface area (Å²) in [6.45, 7) is 2.99. The Morgan fingerprint density at radius 3 is 2.16 bits per heavy atom. The minimum Gasteiger partial charge on any atom is -0.491 e. The highest BCUT2D eigenvalue weighted by Gasteiger charge is 2.22. The van der Waals surface area contributed by atoms with Crippen LogP contribution >= 0.6 is 0 Å². The Morgan fingerprint density at radius 2 is 1.45 bits per heavy atom. The van der Waals surface area contributed by atoms with Crippen LogP contribution in [0.15, 0.2) is 91.0 Å². The van der Waals surface area contributed by atoms with E-state index in [1.54, 1.807) is 24.3 Å². The Balaban J connectivity index is 1.04. The molecule has 1 N–H and O–H groups in total. The van der Waals surface area contributed by atoms with Crippen molar-refractivity contribution >= 4 is 50.8 Å². The van der Waals surface area contributed by atoms with E-state index in [4.69, 9.17) is 8.92 Å². The molecule has 5 rings (SSSR count). The Morgan fingerprint density at radius 1 is 0.773 bits per heavy atom. The second-order valence-electron chi connectivity index (χ2n) is 10.5. The zero-order valence-corrected chi connectivity index (χ0v) is 25.4. The molecule has 0 saturated carbocycles. The summed E-state index contributed by atoms with van der Waals surface area (Å²) < 4.78 is 21.4. The normalized spacial score (nSPS) is 13.8. The first-order valence-corrected chi connectivity index (χ1v) is 16.0. The van der Waals surface area contributed by atoms with Gasteiger partial charge in [0.2, 0.25) is 5.91 Å². The van der Waals surface area contributed by atoms with Gasteiger partial charge in [0.05, 0.1) is 6.61 Å². The maximum Gasteiger partial charge on any atom is 0.255 e. The summed E-state index contributed by atoms with van der Waals surface area (Å²) in [4.78, 5) is 42.3. The minimum absolute atomic E-state index is 0.0296. The van der Waals surface area contributed by atoms with E-state index in [2.05, 4.69) is 10.2 Å². The molecule has 0 aromatic heterocycles. The zero-order chi connectivity index (χ0) is 30.9. The second-order valence-corrected chi connectivity index (χ2v) is 11.5. The van der Waals surface area contributed by atoms with E-state index >= 15 is 0 Å². The number of nitrogens with zero attached hydrogens (tertiary/aromatic N) is 2. The minimum atomic E-state index is -1.33. The molecule has 4 aromatic carbocycles. The van der Waals surface area contributed by atoms with E-state index in [0.717, 1.165) is 16.5 Å². The number of nitrogens with one attached hydrogen (secondary N) is 1. The van der Waals surface area contributed by atoms with Gasteiger partial charge in [0.1, 0.15) is 12.4 Å². The van der Waals surface area contributed by atoms with Crippen molar-refractivity contribution in [3.8, 4) is 5.75 Å². The number of rotatable bonds is 12. The van der Waals surface area contributed by atoms with Crippen LogP contribution in [0.25, 0.3) is 10.8 Å². The van der Waals surface area contributed by atoms with Gasteiger partial charge < -0.3 is 19.9 Å². The fourth-order valence-electron chi connectivity index (χ4n) is 5.07. The molecule has 0 bridgehead atoms. The average Bonchev–Trinajstić information content (AvgIpc) is 3.06. The predicted molar refractivity (Wildman–Crippen MR) is 173 cm³/mol. The molecule has 4 aromatic rings. The quantitative estimate of drug-likeness (QED) is 0.175. The lowest BCUT2D eigenvalue weighted by Gasteiger charge is -2.36. The summed E-state index contributed by atoms with van der Waals surface area (Å²) in [6.07, 6.45) is 1.75. The molecule has 1 aliphatic heterocycles. The van der Waals surface area contributed by atoms with Gasteiger partial charge in [-0.2, -0.15) is 0 Å². The number of carbonyl (C=O) groups is 3. The molecular weight excluding hydrogens is 578 g/mol. The smallest absolute Gasteiger partial charge is 0.255 e. The number of amides is 2. The van der Waals surface area contributed by atoms with Crippen molar-refractivity contribution in [2.45, 2.75) is 12.8 Å². The van der Waals surface area contributed by atoms with E-state index in [-0.39, 0.29) is 43.7 Å². The molecule has 1 atom stereocenters. The van der Waals surface area contributed by atoms with Crippen LogP contribution in [0.1, 0.15) is 33.6 Å². The number of hydrogen-bond donors (Lipinski definition) is 1. The number of fused-ring (bicyclic) bond motifs is 1. The standard InChI is InChI=1S/C34H35N3O6S/c1-44(41)43-23-22-42-31-14-8-26(9-15-31)32(38)16-17-33(39)37-20-18-36(19-21-37)30-12-10-29(11-13-30)35-34(40)28-7-6-25-4-2-3-5-27(25)24-28/h2-15,24H,16-23H2,1H3,(H,35,40). The van der Waals surface area contributed by atoms with Crippen molar-refractivity contribution < 1.29 is 27.5 Å². The van der Waals surface area contributed by atoms with Crippen molar-refractivity contribution in [3.05, 3.63) is 102 Å². The third-order valence-electron chi connectivity index (χ3n) is 7.48. The lowest BCUT2D eigenvalue weighted by atomic mass is 10.1. The van der Waals surface area contributed by atoms with Crippen LogP contribution in [-0.2, 0) is 20.1 Å². The van der Waals surface area contributed by atoms with Crippen LogP contribution in [0.3, 0.4) is 0 Å². The Kier molecular flexibility index (Phi) is 10.4. The van der Waals surface area contributed by atoms with Crippen molar-refractivity contribution in [2.24, 2.45) is 0 Å². The average molecular weight is 614 g/mol. The van der Waals surface area contributed by atoms with Crippen LogP contribution in [0.5, 0.6) is 5.75 Å². The van der Waals surface area contributed by atoms with Crippen molar-refractivity contribution in [1.82, 2.24) is 4.90 Å². The Hall–Kier alpha value is -4.54. The van der Waals surface area contributed by atoms with Crippen LogP contribution in [-0.4, -0.2) is 72.4 Å². The molecular formula is C34H35N3O6S. The molecule has 1 saturated heterocycles. The lowest BCUT2D eigenvalue weighted by Crippen LogP contribution is -2.48. The number of ketones is 1. The number of Topliss-reactive ketones (excluding diaryl/α,β-unsaturated/α-hetero) is 1. The lowest BCUT2D eigenvalue weighted by molar-refractivity contribution is -0.131. The highest BCUT2D eigenvalue weighted by molar-refractivity contribution is 7.79. The van der Waals surface area contributed by atoms with E-state index < -0.39 is 11.1 Å². The first-order chi connectivity index (χ1) is 21.4. The number of hydrogen-bond acceptors (Lipinski definition) is 7. The maximum absolute atomic E-state index is 12.8. The summed E-state index contributed by atoms with van der Waals surface area (Å²) in [7, 11) is 0. The first kappa shape index (κ1) is 30.9. The highest BCUT2D eigenvalue weighted by atomic mass is 32.2. The molecule has 1 unspecified atom stereocenters. The SMILES string of the molecule is CS(=O)OCCOc1ccc(C(=O)CCC(=O)N2CCN(c3ccc(NC(=O)c4ccc5ccccc5c4)cc3)CC2)cc1. The number of anilines is 2. The molecule has 0 radical (unpaired) electrons. The van der Waals surface area contributed by atoms with Gasteiger partial charge >= 0.3 is 0 Å². The fraction of sp³-hybridized carbons (Fsp3) is 0.265. The van der Waals surface area contributed by atoms with E-state index in [1.165, 1.54) is 6.26 Å². The van der Waals surface area contributed by atoms with Gasteiger partial charge in [-0.3, -0.25) is 18.6 Å². The first-order valence-electron chi connectivity index (χ1n) is 14.5. The molecule has 2 amide bonds. The van der Waals surface area contributed by atoms with Crippen LogP contribution in [0.4, 0.5) is 11.4 Å². The monoisotopic (exact) mass is 613 g/mol. The van der Waals surface area contributed by atoms with Gasteiger partial charge in [0.25, 0.3) is 5.91 Å². The molecule has 1 fully saturated rings. The number of ether oxygens (including phenoxy) is 1. The van der Waals surface area contributed by atoms with Gasteiger partial charge in [0, 0.05) is 67.8 Å². The largest absolute Gasteiger partial charge is 0.491 e. The molecule has 1 aliphatic rings. The van der Waals surface area contributed by atoms with Gasteiger partial charge in [-0.05, 0) is 71.4 Å². The molecule has 10 heteroatoms. The number of piperazine rings is 1. The van der Waals surface area contributed by atoms with Crippen molar-refractivity contribution in [3.63, 3.8) is 0 Å². The van der Waals surface area contributed by atoms with Gasteiger partial charge in [-0.1, -0.05) is 30.3 Å². The predicted octanol–water partition coefficient (Wildman–Crippen LogP) is 5.09. The summed E-state index contributed by atoms with van der Waals surface area (Å²) in [5.74, 6) is 0.300. The van der Waals surface area contributed by atoms with Crippen LogP contribution in [0, 0.1) is 0 Å². The fourth-order valence-corrected chi connectivity index (χ4v) is 5.38. The summed E-state index contributed by atoms with van der Waals surface area (Å²) in [5, 5.41) is 5.08. The van der Waals surface area contributed by atoms with Crippen LogP contribution in [0.2, 0.25) is 0 Å². The summed E-state index contributed by atoms with van der Waals surface area (Å²) >= 11 is -1.33. The molecule has 0 aliphatic carbocycles. The molecule has 0 spiro atoms. The third-order valence-corrected chi connectivity index (χ3v) is 7.98. The summed E-state index contributed by atoms with van der Waals surface area (Å²) in [6, 6.07) is 28.1. The number of benzene rings is 4. The molecule has 9 nitrogen and oxygen atoms in total. The maximum atomic E-state index is 12.8. The van der Waals surface area contributed by atoms with Crippen molar-refractivity contribution in [1.29, 1.82) is 0 Å². The van der Waals surface area contributed by atoms with E-state index in [1.807, 2.05) is 71.6 Å². The highest BCUT2D eigenvalue weighted by Crippen LogP contribution is 2.22. The Bertz CT molecular complexity index is 1630. The Labute approximate surface area is 259 Å². The van der Waals surface area contributed by atoms with E-state index in [9.17, 15) is 18.6 Å². The molecule has 228 valence electrons. The van der Waals surface area contributed by atoms with Gasteiger partial charge in [0.15, 0.2) is 16.9 Å². The molecule has 44 heavy (non-hydrogen) atoms.